The van der Waals surface area contributed by atoms with Crippen molar-refractivity contribution in [3.63, 3.8) is 0 Å². The van der Waals surface area contributed by atoms with Crippen molar-refractivity contribution < 1.29 is 22.7 Å². The van der Waals surface area contributed by atoms with Crippen LogP contribution < -0.4 is 5.32 Å². The maximum absolute atomic E-state index is 12.8. The van der Waals surface area contributed by atoms with Crippen molar-refractivity contribution in [3.8, 4) is 0 Å². The van der Waals surface area contributed by atoms with E-state index in [1.165, 1.54) is 12.1 Å². The first kappa shape index (κ1) is 25.9. The molecule has 5 nitrogen and oxygen atoms in total. The van der Waals surface area contributed by atoms with Crippen molar-refractivity contribution in [1.29, 1.82) is 0 Å². The number of hydrogen-bond donors (Lipinski definition) is 1. The first-order chi connectivity index (χ1) is 11.9. The van der Waals surface area contributed by atoms with E-state index in [2.05, 4.69) is 10.2 Å². The zero-order valence-corrected chi connectivity index (χ0v) is 16.8. The summed E-state index contributed by atoms with van der Waals surface area (Å²) >= 11 is 0. The van der Waals surface area contributed by atoms with Crippen LogP contribution in [-0.4, -0.2) is 68.7 Å². The van der Waals surface area contributed by atoms with Gasteiger partial charge in [0.2, 0.25) is 5.91 Å². The van der Waals surface area contributed by atoms with Crippen LogP contribution in [0.2, 0.25) is 0 Å². The fourth-order valence-corrected chi connectivity index (χ4v) is 2.74. The molecular formula is C17H26Cl2F3N3O2. The molecular weight excluding hydrogens is 406 g/mol. The van der Waals surface area contributed by atoms with Crippen molar-refractivity contribution in [2.75, 3.05) is 53.0 Å². The lowest BCUT2D eigenvalue weighted by atomic mass is 10.1. The summed E-state index contributed by atoms with van der Waals surface area (Å²) in [5, 5.41) is 3.02. The smallest absolute Gasteiger partial charge is 0.383 e. The largest absolute Gasteiger partial charge is 0.416 e. The Bertz CT molecular complexity index is 569. The summed E-state index contributed by atoms with van der Waals surface area (Å²) in [7, 11) is 1.60. The zero-order chi connectivity index (χ0) is 18.3. The van der Waals surface area contributed by atoms with Gasteiger partial charge >= 0.3 is 6.18 Å². The molecule has 0 aliphatic carbocycles. The first-order valence-corrected chi connectivity index (χ1v) is 8.26. The van der Waals surface area contributed by atoms with Crippen molar-refractivity contribution in [1.82, 2.24) is 15.1 Å². The highest BCUT2D eigenvalue weighted by Crippen LogP contribution is 2.29. The summed E-state index contributed by atoms with van der Waals surface area (Å²) in [6.45, 7) is 4.39. The Balaban J connectivity index is 0.00000338. The van der Waals surface area contributed by atoms with E-state index in [0.29, 0.717) is 51.4 Å². The second-order valence-electron chi connectivity index (χ2n) is 6.02. The fourth-order valence-electron chi connectivity index (χ4n) is 2.74. The Labute approximate surface area is 170 Å². The van der Waals surface area contributed by atoms with E-state index in [1.54, 1.807) is 18.1 Å². The molecule has 1 aliphatic rings. The van der Waals surface area contributed by atoms with Crippen LogP contribution in [0, 0.1) is 0 Å². The Hall–Kier alpha value is -1.06. The van der Waals surface area contributed by atoms with Crippen molar-refractivity contribution in [2.24, 2.45) is 0 Å². The number of carbonyl (C=O) groups is 1. The molecule has 2 rings (SSSR count). The number of alkyl halides is 3. The first-order valence-electron chi connectivity index (χ1n) is 8.26. The average molecular weight is 432 g/mol. The fraction of sp³-hybridized carbons (Fsp3) is 0.588. The topological polar surface area (TPSA) is 44.8 Å². The number of amides is 1. The Morgan fingerprint density at radius 2 is 1.85 bits per heavy atom. The molecule has 1 amide bonds. The van der Waals surface area contributed by atoms with Gasteiger partial charge in [-0.15, -0.1) is 24.8 Å². The standard InChI is InChI=1S/C17H24F3N3O2.2ClH/c1-25-10-5-21-12-16(24)23-8-6-22(7-9-23)13-14-3-2-4-15(11-14)17(18,19)20;;/h2-4,11,21H,5-10,12-13H2,1H3;2*1H. The minimum atomic E-state index is -4.32. The lowest BCUT2D eigenvalue weighted by Crippen LogP contribution is -2.50. The van der Waals surface area contributed by atoms with Crippen LogP contribution in [0.3, 0.4) is 0 Å². The summed E-state index contributed by atoms with van der Waals surface area (Å²) in [6.07, 6.45) is -4.32. The van der Waals surface area contributed by atoms with Gasteiger partial charge in [-0.25, -0.2) is 0 Å². The number of hydrogen-bond acceptors (Lipinski definition) is 4. The molecule has 1 aliphatic heterocycles. The molecule has 0 bridgehead atoms. The molecule has 0 aromatic heterocycles. The van der Waals surface area contributed by atoms with Gasteiger partial charge < -0.3 is 15.0 Å². The lowest BCUT2D eigenvalue weighted by molar-refractivity contribution is -0.137. The van der Waals surface area contributed by atoms with Crippen LogP contribution in [0.4, 0.5) is 13.2 Å². The summed E-state index contributed by atoms with van der Waals surface area (Å²) in [4.78, 5) is 15.9. The molecule has 0 radical (unpaired) electrons. The number of nitrogens with one attached hydrogen (secondary N) is 1. The number of ether oxygens (including phenoxy) is 1. The monoisotopic (exact) mass is 431 g/mol. The zero-order valence-electron chi connectivity index (χ0n) is 15.1. The number of methoxy groups -OCH3 is 1. The van der Waals surface area contributed by atoms with E-state index in [4.69, 9.17) is 4.74 Å². The van der Waals surface area contributed by atoms with Crippen molar-refractivity contribution >= 4 is 30.7 Å². The van der Waals surface area contributed by atoms with Crippen LogP contribution in [0.15, 0.2) is 24.3 Å². The molecule has 0 unspecified atom stereocenters. The SMILES string of the molecule is COCCNCC(=O)N1CCN(Cc2cccc(C(F)(F)F)c2)CC1.Cl.Cl. The molecule has 156 valence electrons. The van der Waals surface area contributed by atoms with Gasteiger partial charge in [-0.1, -0.05) is 18.2 Å². The minimum Gasteiger partial charge on any atom is -0.383 e. The summed E-state index contributed by atoms with van der Waals surface area (Å²) in [5.41, 5.74) is 0.0109. The van der Waals surface area contributed by atoms with Crippen LogP contribution in [0.5, 0.6) is 0 Å². The lowest BCUT2D eigenvalue weighted by Gasteiger charge is -2.35. The third-order valence-electron chi connectivity index (χ3n) is 4.14. The van der Waals surface area contributed by atoms with Crippen LogP contribution >= 0.6 is 24.8 Å². The van der Waals surface area contributed by atoms with E-state index in [-0.39, 0.29) is 37.3 Å². The molecule has 0 saturated carbocycles. The summed E-state index contributed by atoms with van der Waals surface area (Å²) in [5.74, 6) is 0.0369. The highest BCUT2D eigenvalue weighted by atomic mass is 35.5. The molecule has 0 atom stereocenters. The van der Waals surface area contributed by atoms with E-state index in [1.807, 2.05) is 0 Å². The van der Waals surface area contributed by atoms with Crippen LogP contribution in [0.25, 0.3) is 0 Å². The van der Waals surface area contributed by atoms with E-state index < -0.39 is 11.7 Å². The van der Waals surface area contributed by atoms with Gasteiger partial charge in [0, 0.05) is 46.4 Å². The summed E-state index contributed by atoms with van der Waals surface area (Å²) < 4.78 is 43.2. The third-order valence-corrected chi connectivity index (χ3v) is 4.14. The molecule has 1 fully saturated rings. The van der Waals surface area contributed by atoms with Gasteiger partial charge in [-0.2, -0.15) is 13.2 Å². The van der Waals surface area contributed by atoms with Gasteiger partial charge in [0.15, 0.2) is 0 Å². The number of benzene rings is 1. The number of rotatable bonds is 7. The second-order valence-corrected chi connectivity index (χ2v) is 6.02. The molecule has 1 aromatic rings. The molecule has 1 aromatic carbocycles. The molecule has 1 saturated heterocycles. The number of piperazine rings is 1. The van der Waals surface area contributed by atoms with Gasteiger partial charge in [0.1, 0.15) is 0 Å². The van der Waals surface area contributed by atoms with Gasteiger partial charge in [0.25, 0.3) is 0 Å². The van der Waals surface area contributed by atoms with Gasteiger partial charge in [-0.3, -0.25) is 9.69 Å². The number of nitrogens with zero attached hydrogens (tertiary/aromatic N) is 2. The van der Waals surface area contributed by atoms with Crippen molar-refractivity contribution in [3.05, 3.63) is 35.4 Å². The second kappa shape index (κ2) is 12.4. The van der Waals surface area contributed by atoms with Crippen molar-refractivity contribution in [2.45, 2.75) is 12.7 Å². The number of halogens is 5. The summed E-state index contributed by atoms with van der Waals surface area (Å²) in [6, 6.07) is 5.41. The third kappa shape index (κ3) is 8.66. The number of carbonyl (C=O) groups excluding carboxylic acids is 1. The van der Waals surface area contributed by atoms with Crippen LogP contribution in [0.1, 0.15) is 11.1 Å². The Morgan fingerprint density at radius 3 is 2.44 bits per heavy atom. The predicted octanol–water partition coefficient (Wildman–Crippen LogP) is 2.43. The van der Waals surface area contributed by atoms with E-state index in [0.717, 1.165) is 6.07 Å². The highest BCUT2D eigenvalue weighted by Gasteiger charge is 2.30. The minimum absolute atomic E-state index is 0. The highest BCUT2D eigenvalue weighted by molar-refractivity contribution is 5.85. The van der Waals surface area contributed by atoms with Gasteiger partial charge in [0.05, 0.1) is 18.7 Å². The maximum Gasteiger partial charge on any atom is 0.416 e. The van der Waals surface area contributed by atoms with Gasteiger partial charge in [-0.05, 0) is 11.6 Å². The normalized spacial score (nSPS) is 15.0. The van der Waals surface area contributed by atoms with Crippen LogP contribution in [-0.2, 0) is 22.3 Å². The van der Waals surface area contributed by atoms with E-state index in [9.17, 15) is 18.0 Å². The molecule has 0 spiro atoms. The Kier molecular flexibility index (Phi) is 11.9. The molecule has 1 N–H and O–H groups in total. The molecule has 10 heteroatoms. The Morgan fingerprint density at radius 1 is 1.19 bits per heavy atom. The molecule has 1 heterocycles. The average Bonchev–Trinajstić information content (AvgIpc) is 2.59. The predicted molar refractivity (Wildman–Crippen MR) is 103 cm³/mol. The quantitative estimate of drug-likeness (QED) is 0.673. The van der Waals surface area contributed by atoms with E-state index >= 15 is 0 Å². The molecule has 27 heavy (non-hydrogen) atoms. The maximum atomic E-state index is 12.8.